The topological polar surface area (TPSA) is 92.8 Å². The number of amides is 1. The fourth-order valence-corrected chi connectivity index (χ4v) is 4.28. The summed E-state index contributed by atoms with van der Waals surface area (Å²) in [5.41, 5.74) is 1.70. The molecule has 0 unspecified atom stereocenters. The van der Waals surface area contributed by atoms with Crippen molar-refractivity contribution in [2.75, 3.05) is 13.7 Å². The number of carbonyl (C=O) groups is 2. The van der Waals surface area contributed by atoms with Gasteiger partial charge in [-0.3, -0.25) is 9.59 Å². The Kier molecular flexibility index (Phi) is 8.76. The highest BCUT2D eigenvalue weighted by atomic mass is 32.2. The molecule has 162 valence electrons. The third kappa shape index (κ3) is 7.74. The summed E-state index contributed by atoms with van der Waals surface area (Å²) in [7, 11) is -2.27. The molecule has 0 spiro atoms. The van der Waals surface area contributed by atoms with Crippen LogP contribution in [-0.4, -0.2) is 44.9 Å². The highest BCUT2D eigenvalue weighted by Crippen LogP contribution is 2.10. The maximum absolute atomic E-state index is 12.4. The minimum atomic E-state index is -3.88. The van der Waals surface area contributed by atoms with Crippen molar-refractivity contribution >= 4 is 39.3 Å². The molecule has 1 aromatic carbocycles. The van der Waals surface area contributed by atoms with Crippen LogP contribution in [0.1, 0.15) is 25.0 Å². The number of nitrogens with zero attached hydrogens (tertiary/aromatic N) is 1. The van der Waals surface area contributed by atoms with Crippen molar-refractivity contribution in [3.8, 4) is 0 Å². The van der Waals surface area contributed by atoms with E-state index in [1.165, 1.54) is 22.3 Å². The van der Waals surface area contributed by atoms with E-state index in [4.69, 9.17) is 4.74 Å². The van der Waals surface area contributed by atoms with Crippen LogP contribution in [0.2, 0.25) is 0 Å². The van der Waals surface area contributed by atoms with Crippen LogP contribution < -0.4 is 4.72 Å². The van der Waals surface area contributed by atoms with Crippen LogP contribution >= 0.6 is 11.3 Å². The van der Waals surface area contributed by atoms with Gasteiger partial charge in [0.1, 0.15) is 6.04 Å². The van der Waals surface area contributed by atoms with E-state index >= 15 is 0 Å². The van der Waals surface area contributed by atoms with Crippen LogP contribution in [0.25, 0.3) is 6.08 Å². The molecule has 0 radical (unpaired) electrons. The lowest BCUT2D eigenvalue weighted by atomic mass is 10.1. The van der Waals surface area contributed by atoms with Gasteiger partial charge in [-0.15, -0.1) is 0 Å². The number of rotatable bonds is 10. The number of thiophene rings is 1. The molecule has 30 heavy (non-hydrogen) atoms. The average molecular weight is 451 g/mol. The van der Waals surface area contributed by atoms with E-state index in [0.29, 0.717) is 12.1 Å². The van der Waals surface area contributed by atoms with Gasteiger partial charge in [0.05, 0.1) is 0 Å². The summed E-state index contributed by atoms with van der Waals surface area (Å²) in [6.07, 6.45) is 1.44. The molecule has 0 aliphatic heterocycles. The van der Waals surface area contributed by atoms with Crippen molar-refractivity contribution in [3.05, 3.63) is 63.7 Å². The van der Waals surface area contributed by atoms with Crippen molar-refractivity contribution < 1.29 is 22.7 Å². The Morgan fingerprint density at radius 3 is 2.50 bits per heavy atom. The second kappa shape index (κ2) is 11.1. The molecule has 0 aliphatic carbocycles. The lowest BCUT2D eigenvalue weighted by Gasteiger charge is -2.21. The maximum Gasteiger partial charge on any atom is 0.324 e. The molecule has 1 N–H and O–H groups in total. The summed E-state index contributed by atoms with van der Waals surface area (Å²) >= 11 is 1.53. The molecule has 1 heterocycles. The zero-order valence-corrected chi connectivity index (χ0v) is 18.8. The molecule has 2 rings (SSSR count). The number of ether oxygens (including phenoxy) is 1. The van der Waals surface area contributed by atoms with Crippen LogP contribution in [0.4, 0.5) is 0 Å². The molecule has 0 bridgehead atoms. The Hall–Kier alpha value is -2.49. The van der Waals surface area contributed by atoms with Crippen LogP contribution in [0.3, 0.4) is 0 Å². The SMILES string of the molecule is CC(C)[C@H](NS(=O)(=O)/C=C/c1ccccc1)C(=O)OCC(=O)N(C)Cc1ccsc1. The Balaban J connectivity index is 1.93. The molecule has 7 nitrogen and oxygen atoms in total. The summed E-state index contributed by atoms with van der Waals surface area (Å²) in [6.45, 7) is 3.34. The van der Waals surface area contributed by atoms with Crippen molar-refractivity contribution in [1.29, 1.82) is 0 Å². The molecule has 9 heteroatoms. The van der Waals surface area contributed by atoms with Crippen molar-refractivity contribution in [3.63, 3.8) is 0 Å². The number of esters is 1. The fraction of sp³-hybridized carbons (Fsp3) is 0.333. The van der Waals surface area contributed by atoms with Gasteiger partial charge in [0.2, 0.25) is 10.0 Å². The van der Waals surface area contributed by atoms with Gasteiger partial charge in [-0.2, -0.15) is 16.1 Å². The Morgan fingerprint density at radius 1 is 1.20 bits per heavy atom. The van der Waals surface area contributed by atoms with Gasteiger partial charge in [-0.25, -0.2) is 8.42 Å². The van der Waals surface area contributed by atoms with E-state index in [9.17, 15) is 18.0 Å². The third-order valence-corrected chi connectivity index (χ3v) is 6.02. The predicted molar refractivity (Wildman–Crippen MR) is 118 cm³/mol. The van der Waals surface area contributed by atoms with Gasteiger partial charge < -0.3 is 9.64 Å². The zero-order chi connectivity index (χ0) is 22.1. The van der Waals surface area contributed by atoms with E-state index in [-0.39, 0.29) is 11.8 Å². The van der Waals surface area contributed by atoms with Gasteiger partial charge in [0, 0.05) is 19.0 Å². The average Bonchev–Trinajstić information content (AvgIpc) is 3.22. The minimum absolute atomic E-state index is 0.365. The molecule has 1 aromatic heterocycles. The number of benzene rings is 1. The first-order valence-corrected chi connectivity index (χ1v) is 11.8. The molecule has 2 aromatic rings. The number of carbonyl (C=O) groups excluding carboxylic acids is 2. The summed E-state index contributed by atoms with van der Waals surface area (Å²) < 4.78 is 32.2. The van der Waals surface area contributed by atoms with Crippen molar-refractivity contribution in [1.82, 2.24) is 9.62 Å². The van der Waals surface area contributed by atoms with Crippen LogP contribution in [-0.2, 0) is 30.9 Å². The minimum Gasteiger partial charge on any atom is -0.454 e. The Morgan fingerprint density at radius 2 is 1.90 bits per heavy atom. The van der Waals surface area contributed by atoms with Crippen LogP contribution in [0.15, 0.2) is 52.6 Å². The van der Waals surface area contributed by atoms with Crippen LogP contribution in [0, 0.1) is 5.92 Å². The third-order valence-electron chi connectivity index (χ3n) is 4.21. The van der Waals surface area contributed by atoms with Gasteiger partial charge >= 0.3 is 5.97 Å². The van der Waals surface area contributed by atoms with Gasteiger partial charge in [0.25, 0.3) is 5.91 Å². The molecular weight excluding hydrogens is 424 g/mol. The summed E-state index contributed by atoms with van der Waals surface area (Å²) in [5, 5.41) is 4.85. The molecule has 0 fully saturated rings. The van der Waals surface area contributed by atoms with E-state index in [2.05, 4.69) is 4.72 Å². The normalized spacial score (nSPS) is 12.8. The molecule has 0 saturated heterocycles. The predicted octanol–water partition coefficient (Wildman–Crippen LogP) is 2.86. The monoisotopic (exact) mass is 450 g/mol. The molecular formula is C21H26N2O5S2. The van der Waals surface area contributed by atoms with E-state index in [0.717, 1.165) is 11.0 Å². The number of likely N-dealkylation sites (N-methyl/N-ethyl adjacent to an activating group) is 1. The van der Waals surface area contributed by atoms with Crippen molar-refractivity contribution in [2.45, 2.75) is 26.4 Å². The fourth-order valence-electron chi connectivity index (χ4n) is 2.48. The van der Waals surface area contributed by atoms with Gasteiger partial charge in [0.15, 0.2) is 6.61 Å². The quantitative estimate of drug-likeness (QED) is 0.562. The number of sulfonamides is 1. The molecule has 1 amide bonds. The second-order valence-corrected chi connectivity index (χ2v) is 9.47. The highest BCUT2D eigenvalue weighted by molar-refractivity contribution is 7.92. The van der Waals surface area contributed by atoms with Crippen LogP contribution in [0.5, 0.6) is 0 Å². The summed E-state index contributed by atoms with van der Waals surface area (Å²) in [6, 6.07) is 9.74. The number of hydrogen-bond acceptors (Lipinski definition) is 6. The summed E-state index contributed by atoms with van der Waals surface area (Å²) in [5.74, 6) is -1.53. The van der Waals surface area contributed by atoms with E-state index < -0.39 is 28.6 Å². The summed E-state index contributed by atoms with van der Waals surface area (Å²) in [4.78, 5) is 26.1. The van der Waals surface area contributed by atoms with Gasteiger partial charge in [-0.05, 0) is 39.9 Å². The first-order valence-electron chi connectivity index (χ1n) is 9.35. The zero-order valence-electron chi connectivity index (χ0n) is 17.1. The van der Waals surface area contributed by atoms with Crippen molar-refractivity contribution in [2.24, 2.45) is 5.92 Å². The molecule has 1 atom stereocenters. The number of nitrogens with one attached hydrogen (secondary N) is 1. The highest BCUT2D eigenvalue weighted by Gasteiger charge is 2.28. The largest absolute Gasteiger partial charge is 0.454 e. The first kappa shape index (κ1) is 23.8. The lowest BCUT2D eigenvalue weighted by Crippen LogP contribution is -2.45. The Bertz CT molecular complexity index is 955. The van der Waals surface area contributed by atoms with E-state index in [1.54, 1.807) is 45.2 Å². The lowest BCUT2D eigenvalue weighted by molar-refractivity contribution is -0.154. The Labute approximate surface area is 181 Å². The first-order chi connectivity index (χ1) is 14.2. The molecule has 0 aliphatic rings. The second-order valence-electron chi connectivity index (χ2n) is 7.09. The van der Waals surface area contributed by atoms with Gasteiger partial charge in [-0.1, -0.05) is 44.2 Å². The standard InChI is InChI=1S/C21H26N2O5S2/c1-16(2)20(22-30(26,27)12-10-17-7-5-4-6-8-17)21(25)28-14-19(24)23(3)13-18-9-11-29-15-18/h4-12,15-16,20,22H,13-14H2,1-3H3/b12-10+/t20-/m0/s1. The molecule has 0 saturated carbocycles. The van der Waals surface area contributed by atoms with E-state index in [1.807, 2.05) is 22.9 Å². The maximum atomic E-state index is 12.4. The smallest absolute Gasteiger partial charge is 0.324 e. The number of hydrogen-bond donors (Lipinski definition) is 1.